The minimum atomic E-state index is -0.0503. The van der Waals surface area contributed by atoms with Gasteiger partial charge in [-0.25, -0.2) is 9.97 Å². The number of hydrogen-bond donors (Lipinski definition) is 1. The summed E-state index contributed by atoms with van der Waals surface area (Å²) in [6, 6.07) is 1.52. The summed E-state index contributed by atoms with van der Waals surface area (Å²) in [5, 5.41) is 3.89. The van der Waals surface area contributed by atoms with Crippen molar-refractivity contribution in [3.63, 3.8) is 0 Å². The van der Waals surface area contributed by atoms with E-state index in [0.29, 0.717) is 17.4 Å². The van der Waals surface area contributed by atoms with Crippen molar-refractivity contribution in [2.75, 3.05) is 10.6 Å². The van der Waals surface area contributed by atoms with E-state index < -0.39 is 0 Å². The van der Waals surface area contributed by atoms with Crippen molar-refractivity contribution in [2.45, 2.75) is 19.3 Å². The molecule has 1 heterocycles. The number of amides is 1. The van der Waals surface area contributed by atoms with Gasteiger partial charge in [0.2, 0.25) is 5.91 Å². The standard InChI is InChI=1S/C9H11BrClN3O/c10-4-2-1-3-9(15)14-8-5-7(11)12-6-13-8/h5-6H,1-4H2,(H,12,13,14,15). The highest BCUT2D eigenvalue weighted by molar-refractivity contribution is 9.09. The summed E-state index contributed by atoms with van der Waals surface area (Å²) in [6.45, 7) is 0. The van der Waals surface area contributed by atoms with Crippen LogP contribution in [0.4, 0.5) is 5.82 Å². The van der Waals surface area contributed by atoms with Gasteiger partial charge in [0.15, 0.2) is 0 Å². The van der Waals surface area contributed by atoms with Crippen LogP contribution in [-0.2, 0) is 4.79 Å². The lowest BCUT2D eigenvalue weighted by atomic mass is 10.2. The van der Waals surface area contributed by atoms with E-state index in [4.69, 9.17) is 11.6 Å². The highest BCUT2D eigenvalue weighted by atomic mass is 79.9. The second-order valence-electron chi connectivity index (χ2n) is 2.92. The molecule has 0 aliphatic heterocycles. The number of carbonyl (C=O) groups excluding carboxylic acids is 1. The lowest BCUT2D eigenvalue weighted by molar-refractivity contribution is -0.116. The number of unbranched alkanes of at least 4 members (excludes halogenated alkanes) is 1. The second-order valence-corrected chi connectivity index (χ2v) is 4.10. The Morgan fingerprint density at radius 2 is 2.27 bits per heavy atom. The van der Waals surface area contributed by atoms with Gasteiger partial charge in [-0.15, -0.1) is 0 Å². The van der Waals surface area contributed by atoms with Gasteiger partial charge in [0.1, 0.15) is 17.3 Å². The number of alkyl halides is 1. The van der Waals surface area contributed by atoms with Gasteiger partial charge in [0.05, 0.1) is 0 Å². The van der Waals surface area contributed by atoms with E-state index in [1.54, 1.807) is 0 Å². The van der Waals surface area contributed by atoms with Gasteiger partial charge in [-0.3, -0.25) is 4.79 Å². The Bertz CT molecular complexity index is 335. The number of carbonyl (C=O) groups is 1. The van der Waals surface area contributed by atoms with Gasteiger partial charge >= 0.3 is 0 Å². The molecule has 0 saturated carbocycles. The predicted molar refractivity (Wildman–Crippen MR) is 63.3 cm³/mol. The van der Waals surface area contributed by atoms with Gasteiger partial charge in [0.25, 0.3) is 0 Å². The zero-order chi connectivity index (χ0) is 11.1. The number of aromatic nitrogens is 2. The molecule has 1 aromatic rings. The van der Waals surface area contributed by atoms with E-state index in [-0.39, 0.29) is 5.91 Å². The Morgan fingerprint density at radius 3 is 2.93 bits per heavy atom. The van der Waals surface area contributed by atoms with Gasteiger partial charge in [-0.2, -0.15) is 0 Å². The summed E-state index contributed by atoms with van der Waals surface area (Å²) < 4.78 is 0. The molecule has 0 unspecified atom stereocenters. The van der Waals surface area contributed by atoms with E-state index in [1.807, 2.05) is 0 Å². The van der Waals surface area contributed by atoms with Crippen LogP contribution in [0.25, 0.3) is 0 Å². The molecule has 0 saturated heterocycles. The van der Waals surface area contributed by atoms with Crippen molar-refractivity contribution in [3.8, 4) is 0 Å². The molecule has 1 N–H and O–H groups in total. The molecule has 1 rings (SSSR count). The second kappa shape index (κ2) is 6.74. The SMILES string of the molecule is O=C(CCCCBr)Nc1cc(Cl)ncn1. The van der Waals surface area contributed by atoms with Gasteiger partial charge in [0, 0.05) is 17.8 Å². The third-order valence-corrected chi connectivity index (χ3v) is 2.46. The minimum Gasteiger partial charge on any atom is -0.311 e. The van der Waals surface area contributed by atoms with E-state index in [9.17, 15) is 4.79 Å². The maximum Gasteiger partial charge on any atom is 0.225 e. The number of nitrogens with one attached hydrogen (secondary N) is 1. The van der Waals surface area contributed by atoms with E-state index in [0.717, 1.165) is 18.2 Å². The average molecular weight is 293 g/mol. The van der Waals surface area contributed by atoms with Crippen LogP contribution in [0.5, 0.6) is 0 Å². The van der Waals surface area contributed by atoms with E-state index in [2.05, 4.69) is 31.2 Å². The lowest BCUT2D eigenvalue weighted by Gasteiger charge is -2.03. The summed E-state index contributed by atoms with van der Waals surface area (Å²) >= 11 is 8.95. The molecular formula is C9H11BrClN3O. The highest BCUT2D eigenvalue weighted by Crippen LogP contribution is 2.09. The molecule has 0 radical (unpaired) electrons. The fourth-order valence-corrected chi connectivity index (χ4v) is 1.53. The fourth-order valence-electron chi connectivity index (χ4n) is 0.987. The molecule has 0 atom stereocenters. The monoisotopic (exact) mass is 291 g/mol. The third kappa shape index (κ3) is 5.09. The zero-order valence-electron chi connectivity index (χ0n) is 8.04. The van der Waals surface area contributed by atoms with Crippen molar-refractivity contribution in [3.05, 3.63) is 17.5 Å². The van der Waals surface area contributed by atoms with Gasteiger partial charge in [-0.1, -0.05) is 27.5 Å². The Kier molecular flexibility index (Phi) is 5.57. The molecule has 15 heavy (non-hydrogen) atoms. The third-order valence-electron chi connectivity index (χ3n) is 1.69. The Morgan fingerprint density at radius 1 is 1.47 bits per heavy atom. The van der Waals surface area contributed by atoms with Crippen LogP contribution >= 0.6 is 27.5 Å². The predicted octanol–water partition coefficient (Wildman–Crippen LogP) is 2.63. The normalized spacial score (nSPS) is 10.0. The van der Waals surface area contributed by atoms with Crippen molar-refractivity contribution in [1.29, 1.82) is 0 Å². The van der Waals surface area contributed by atoms with E-state index >= 15 is 0 Å². The summed E-state index contributed by atoms with van der Waals surface area (Å²) in [7, 11) is 0. The van der Waals surface area contributed by atoms with Crippen LogP contribution < -0.4 is 5.32 Å². The summed E-state index contributed by atoms with van der Waals surface area (Å²) in [5.74, 6) is 0.393. The van der Waals surface area contributed by atoms with Crippen LogP contribution in [0.1, 0.15) is 19.3 Å². The van der Waals surface area contributed by atoms with Crippen LogP contribution in [-0.4, -0.2) is 21.2 Å². The first-order chi connectivity index (χ1) is 7.22. The smallest absolute Gasteiger partial charge is 0.225 e. The maximum atomic E-state index is 11.4. The number of nitrogens with zero attached hydrogens (tertiary/aromatic N) is 2. The van der Waals surface area contributed by atoms with Crippen molar-refractivity contribution >= 4 is 39.3 Å². The highest BCUT2D eigenvalue weighted by Gasteiger charge is 2.03. The van der Waals surface area contributed by atoms with Crippen molar-refractivity contribution in [1.82, 2.24) is 9.97 Å². The molecule has 82 valence electrons. The molecule has 0 aromatic carbocycles. The number of hydrogen-bond acceptors (Lipinski definition) is 3. The molecule has 1 amide bonds. The van der Waals surface area contributed by atoms with Crippen molar-refractivity contribution in [2.24, 2.45) is 0 Å². The number of rotatable bonds is 5. The molecule has 0 aliphatic rings. The Balaban J connectivity index is 2.37. The summed E-state index contributed by atoms with van der Waals surface area (Å²) in [6.07, 6.45) is 3.65. The molecule has 0 fully saturated rings. The van der Waals surface area contributed by atoms with Gasteiger partial charge in [-0.05, 0) is 12.8 Å². The average Bonchev–Trinajstić information content (AvgIpc) is 2.18. The van der Waals surface area contributed by atoms with Crippen LogP contribution in [0, 0.1) is 0 Å². The summed E-state index contributed by atoms with van der Waals surface area (Å²) in [5.41, 5.74) is 0. The first kappa shape index (κ1) is 12.4. The first-order valence-corrected chi connectivity index (χ1v) is 6.05. The molecule has 1 aromatic heterocycles. The van der Waals surface area contributed by atoms with Crippen molar-refractivity contribution < 1.29 is 4.79 Å². The molecular weight excluding hydrogens is 281 g/mol. The van der Waals surface area contributed by atoms with Crippen LogP contribution in [0.15, 0.2) is 12.4 Å². The topological polar surface area (TPSA) is 54.9 Å². The minimum absolute atomic E-state index is 0.0503. The Hall–Kier alpha value is -0.680. The summed E-state index contributed by atoms with van der Waals surface area (Å²) in [4.78, 5) is 19.0. The zero-order valence-corrected chi connectivity index (χ0v) is 10.4. The number of anilines is 1. The molecule has 0 aliphatic carbocycles. The molecule has 6 heteroatoms. The van der Waals surface area contributed by atoms with Crippen LogP contribution in [0.2, 0.25) is 5.15 Å². The first-order valence-electron chi connectivity index (χ1n) is 4.55. The number of halogens is 2. The Labute approximate surface area is 102 Å². The fraction of sp³-hybridized carbons (Fsp3) is 0.444. The van der Waals surface area contributed by atoms with Crippen LogP contribution in [0.3, 0.4) is 0 Å². The quantitative estimate of drug-likeness (QED) is 0.516. The molecule has 0 spiro atoms. The van der Waals surface area contributed by atoms with Gasteiger partial charge < -0.3 is 5.32 Å². The molecule has 4 nitrogen and oxygen atoms in total. The molecule has 0 bridgehead atoms. The lowest BCUT2D eigenvalue weighted by Crippen LogP contribution is -2.12. The van der Waals surface area contributed by atoms with E-state index in [1.165, 1.54) is 12.4 Å². The maximum absolute atomic E-state index is 11.4. The largest absolute Gasteiger partial charge is 0.311 e.